The van der Waals surface area contributed by atoms with Crippen LogP contribution in [0.2, 0.25) is 0 Å². The Kier molecular flexibility index (Phi) is 6.56. The minimum atomic E-state index is 0.520. The summed E-state index contributed by atoms with van der Waals surface area (Å²) in [5, 5.41) is 24.9. The van der Waals surface area contributed by atoms with E-state index in [1.54, 1.807) is 0 Å². The van der Waals surface area contributed by atoms with Crippen LogP contribution in [0.15, 0.2) is 152 Å². The maximum atomic E-state index is 10.9. The van der Waals surface area contributed by atoms with Gasteiger partial charge in [0.1, 0.15) is 6.07 Å². The third kappa shape index (κ3) is 4.24. The molecule has 5 nitrogen and oxygen atoms in total. The number of para-hydroxylation sites is 3. The van der Waals surface area contributed by atoms with E-state index in [4.69, 9.17) is 6.57 Å². The molecule has 0 fully saturated rings. The molecule has 0 radical (unpaired) electrons. The second-order valence-corrected chi connectivity index (χ2v) is 12.2. The van der Waals surface area contributed by atoms with Crippen molar-refractivity contribution >= 4 is 49.3 Å². The Morgan fingerprint density at radius 3 is 1.60 bits per heavy atom. The Morgan fingerprint density at radius 1 is 0.440 bits per heavy atom. The van der Waals surface area contributed by atoms with Gasteiger partial charge in [0.25, 0.3) is 0 Å². The summed E-state index contributed by atoms with van der Waals surface area (Å²) in [5.41, 5.74) is 10.9. The van der Waals surface area contributed by atoms with Gasteiger partial charge in [-0.1, -0.05) is 103 Å². The summed E-state index contributed by atoms with van der Waals surface area (Å²) in [5.74, 6) is 0. The second kappa shape index (κ2) is 11.4. The summed E-state index contributed by atoms with van der Waals surface area (Å²) in [6.45, 7) is 7.90. The van der Waals surface area contributed by atoms with Crippen LogP contribution in [0.4, 0.5) is 5.69 Å². The van der Waals surface area contributed by atoms with E-state index in [1.165, 1.54) is 0 Å². The molecule has 0 aliphatic rings. The van der Waals surface area contributed by atoms with Crippen molar-refractivity contribution in [2.75, 3.05) is 0 Å². The second-order valence-electron chi connectivity index (χ2n) is 12.2. The Bertz CT molecular complexity index is 2920. The zero-order valence-electron chi connectivity index (χ0n) is 26.7. The molecule has 0 spiro atoms. The zero-order chi connectivity index (χ0) is 33.8. The average molecular weight is 636 g/mol. The number of hydrogen-bond donors (Lipinski definition) is 0. The van der Waals surface area contributed by atoms with Crippen LogP contribution in [-0.2, 0) is 0 Å². The number of fused-ring (bicyclic) bond motifs is 6. The monoisotopic (exact) mass is 635 g/mol. The molecule has 0 atom stereocenters. The van der Waals surface area contributed by atoms with Gasteiger partial charge in [0, 0.05) is 38.4 Å². The smallest absolute Gasteiger partial charge is 0.189 e. The van der Waals surface area contributed by atoms with E-state index in [9.17, 15) is 10.5 Å². The van der Waals surface area contributed by atoms with Crippen LogP contribution in [0, 0.1) is 29.2 Å². The molecular formula is C45H25N5. The van der Waals surface area contributed by atoms with E-state index in [1.807, 2.05) is 103 Å². The van der Waals surface area contributed by atoms with Crippen LogP contribution in [0.1, 0.15) is 11.1 Å². The minimum absolute atomic E-state index is 0.520. The lowest BCUT2D eigenvalue weighted by atomic mass is 9.90. The topological polar surface area (TPSA) is 61.8 Å². The van der Waals surface area contributed by atoms with Crippen LogP contribution in [-0.4, -0.2) is 9.13 Å². The highest BCUT2D eigenvalue weighted by Gasteiger charge is 2.22. The molecule has 7 aromatic carbocycles. The zero-order valence-corrected chi connectivity index (χ0v) is 26.7. The normalized spacial score (nSPS) is 11.1. The molecule has 0 aliphatic carbocycles. The van der Waals surface area contributed by atoms with Gasteiger partial charge in [-0.3, -0.25) is 0 Å². The number of nitrogens with zero attached hydrogens (tertiary/aromatic N) is 5. The molecule has 230 valence electrons. The third-order valence-electron chi connectivity index (χ3n) is 9.64. The quantitative estimate of drug-likeness (QED) is 0.181. The summed E-state index contributed by atoms with van der Waals surface area (Å²) in [6, 6.07) is 55.4. The van der Waals surface area contributed by atoms with Gasteiger partial charge in [0.05, 0.1) is 51.5 Å². The summed E-state index contributed by atoms with van der Waals surface area (Å²) >= 11 is 0. The Hall–Kier alpha value is -7.39. The van der Waals surface area contributed by atoms with Crippen molar-refractivity contribution in [1.29, 1.82) is 10.5 Å². The molecule has 0 unspecified atom stereocenters. The maximum absolute atomic E-state index is 10.9. The van der Waals surface area contributed by atoms with Gasteiger partial charge in [0.2, 0.25) is 0 Å². The molecule has 0 amide bonds. The van der Waals surface area contributed by atoms with Crippen LogP contribution in [0.3, 0.4) is 0 Å². The number of benzene rings is 7. The van der Waals surface area contributed by atoms with E-state index in [0.717, 1.165) is 77.2 Å². The van der Waals surface area contributed by atoms with Gasteiger partial charge in [-0.05, 0) is 59.7 Å². The van der Waals surface area contributed by atoms with Gasteiger partial charge in [-0.2, -0.15) is 10.5 Å². The molecule has 0 bridgehead atoms. The Balaban J connectivity index is 1.32. The molecule has 0 aliphatic heterocycles. The highest BCUT2D eigenvalue weighted by Crippen LogP contribution is 2.43. The first-order valence-electron chi connectivity index (χ1n) is 16.3. The van der Waals surface area contributed by atoms with Gasteiger partial charge in [-0.25, -0.2) is 4.85 Å². The van der Waals surface area contributed by atoms with Gasteiger partial charge in [-0.15, -0.1) is 0 Å². The van der Waals surface area contributed by atoms with Crippen LogP contribution >= 0.6 is 0 Å². The minimum Gasteiger partial charge on any atom is -0.310 e. The molecular weight excluding hydrogens is 611 g/mol. The number of rotatable bonds is 4. The highest BCUT2D eigenvalue weighted by atomic mass is 15.0. The molecule has 0 saturated carbocycles. The standard InChI is InChI=1S/C45H25N5/c1-48-30-22-23-37(45(26-30)50-42-19-9-6-15-36(42)38-25-29(27-46)21-24-44(38)50)32-12-3-2-11-31(32)33-16-10-20-43(39(33)28-47)49-40-17-7-4-13-34(40)35-14-5-8-18-41(35)49/h2-26H. The molecule has 5 heteroatoms. The highest BCUT2D eigenvalue weighted by molar-refractivity contribution is 6.11. The molecule has 2 aromatic heterocycles. The first-order chi connectivity index (χ1) is 24.7. The van der Waals surface area contributed by atoms with Gasteiger partial charge >= 0.3 is 0 Å². The van der Waals surface area contributed by atoms with Crippen molar-refractivity contribution in [3.8, 4) is 45.8 Å². The predicted molar refractivity (Wildman–Crippen MR) is 202 cm³/mol. The lowest BCUT2D eigenvalue weighted by Gasteiger charge is -2.19. The Labute approximate surface area is 288 Å². The fraction of sp³-hybridized carbons (Fsp3) is 0. The van der Waals surface area contributed by atoms with E-state index in [2.05, 4.69) is 74.6 Å². The number of aromatic nitrogens is 2. The van der Waals surface area contributed by atoms with Crippen molar-refractivity contribution in [1.82, 2.24) is 9.13 Å². The van der Waals surface area contributed by atoms with Crippen molar-refractivity contribution < 1.29 is 0 Å². The average Bonchev–Trinajstić information content (AvgIpc) is 3.69. The Morgan fingerprint density at radius 2 is 0.980 bits per heavy atom. The largest absolute Gasteiger partial charge is 0.310 e. The molecule has 2 heterocycles. The van der Waals surface area contributed by atoms with Crippen molar-refractivity contribution in [3.05, 3.63) is 174 Å². The van der Waals surface area contributed by atoms with Gasteiger partial charge in [0.15, 0.2) is 5.69 Å². The van der Waals surface area contributed by atoms with E-state index in [0.29, 0.717) is 16.8 Å². The van der Waals surface area contributed by atoms with Crippen molar-refractivity contribution in [2.45, 2.75) is 0 Å². The number of hydrogen-bond acceptors (Lipinski definition) is 2. The van der Waals surface area contributed by atoms with E-state index >= 15 is 0 Å². The van der Waals surface area contributed by atoms with E-state index < -0.39 is 0 Å². The SMILES string of the molecule is [C-]#[N+]c1ccc(-c2ccccc2-c2cccc(-n3c4ccccc4c4ccccc43)c2C#N)c(-n2c3ccccc3c3cc(C#N)ccc32)c1. The maximum Gasteiger partial charge on any atom is 0.189 e. The summed E-state index contributed by atoms with van der Waals surface area (Å²) in [4.78, 5) is 3.81. The first-order valence-corrected chi connectivity index (χ1v) is 16.3. The van der Waals surface area contributed by atoms with Crippen LogP contribution < -0.4 is 0 Å². The lowest BCUT2D eigenvalue weighted by molar-refractivity contribution is 1.17. The lowest BCUT2D eigenvalue weighted by Crippen LogP contribution is -2.01. The predicted octanol–water partition coefficient (Wildman–Crippen LogP) is 11.5. The molecule has 9 rings (SSSR count). The fourth-order valence-corrected chi connectivity index (χ4v) is 7.51. The molecule has 0 saturated heterocycles. The summed E-state index contributed by atoms with van der Waals surface area (Å²) in [6.07, 6.45) is 0. The summed E-state index contributed by atoms with van der Waals surface area (Å²) in [7, 11) is 0. The van der Waals surface area contributed by atoms with Crippen LogP contribution in [0.25, 0.3) is 82.1 Å². The van der Waals surface area contributed by atoms with E-state index in [-0.39, 0.29) is 0 Å². The van der Waals surface area contributed by atoms with Gasteiger partial charge < -0.3 is 9.13 Å². The first kappa shape index (κ1) is 28.8. The molecule has 50 heavy (non-hydrogen) atoms. The fourth-order valence-electron chi connectivity index (χ4n) is 7.51. The van der Waals surface area contributed by atoms with Crippen molar-refractivity contribution in [2.24, 2.45) is 0 Å². The summed E-state index contributed by atoms with van der Waals surface area (Å²) < 4.78 is 4.38. The third-order valence-corrected chi connectivity index (χ3v) is 9.64. The number of nitriles is 2. The van der Waals surface area contributed by atoms with Crippen LogP contribution in [0.5, 0.6) is 0 Å². The molecule has 9 aromatic rings. The molecule has 0 N–H and O–H groups in total. The van der Waals surface area contributed by atoms with Crippen molar-refractivity contribution in [3.63, 3.8) is 0 Å².